The molecular weight excluding hydrogens is 310 g/mol. The summed E-state index contributed by atoms with van der Waals surface area (Å²) in [5.74, 6) is -0.418. The average Bonchev–Trinajstić information content (AvgIpc) is 2.82. The van der Waals surface area contributed by atoms with Crippen molar-refractivity contribution < 1.29 is 9.90 Å². The van der Waals surface area contributed by atoms with Crippen molar-refractivity contribution in [3.8, 4) is 11.4 Å². The molecule has 3 rings (SSSR count). The van der Waals surface area contributed by atoms with Gasteiger partial charge in [-0.3, -0.25) is 0 Å². The van der Waals surface area contributed by atoms with Gasteiger partial charge in [-0.25, -0.2) is 14.8 Å². The Labute approximate surface area is 116 Å². The number of hydrogen-bond acceptors (Lipinski definition) is 3. The fraction of sp³-hybridized carbons (Fsp3) is 0. The van der Waals surface area contributed by atoms with Crippen LogP contribution >= 0.6 is 15.9 Å². The summed E-state index contributed by atoms with van der Waals surface area (Å²) in [5, 5.41) is 9.13. The molecule has 0 saturated heterocycles. The number of H-pyrrole nitrogens is 1. The van der Waals surface area contributed by atoms with E-state index in [1.165, 1.54) is 12.3 Å². The highest BCUT2D eigenvalue weighted by molar-refractivity contribution is 9.10. The number of carboxylic acids is 1. The second-order valence-electron chi connectivity index (χ2n) is 3.93. The van der Waals surface area contributed by atoms with Gasteiger partial charge in [0.15, 0.2) is 5.65 Å². The number of aromatic carboxylic acids is 1. The third-order valence-electron chi connectivity index (χ3n) is 2.75. The second kappa shape index (κ2) is 4.47. The van der Waals surface area contributed by atoms with Crippen molar-refractivity contribution >= 4 is 33.1 Å². The molecule has 0 saturated carbocycles. The number of rotatable bonds is 2. The maximum atomic E-state index is 11.1. The van der Waals surface area contributed by atoms with Crippen LogP contribution in [0.15, 0.2) is 41.0 Å². The quantitative estimate of drug-likeness (QED) is 0.761. The molecular formula is C13H8BrN3O2. The molecule has 2 aromatic heterocycles. The summed E-state index contributed by atoms with van der Waals surface area (Å²) in [7, 11) is 0. The largest absolute Gasteiger partial charge is 0.478 e. The van der Waals surface area contributed by atoms with Gasteiger partial charge in [0.2, 0.25) is 0 Å². The van der Waals surface area contributed by atoms with Crippen molar-refractivity contribution in [3.05, 3.63) is 46.6 Å². The summed E-state index contributed by atoms with van der Waals surface area (Å²) in [6.07, 6.45) is 1.44. The number of halogens is 1. The van der Waals surface area contributed by atoms with E-state index in [0.29, 0.717) is 17.0 Å². The number of carboxylic acid groups (broad SMARTS) is 1. The Morgan fingerprint density at radius 2 is 2.05 bits per heavy atom. The Morgan fingerprint density at radius 3 is 2.79 bits per heavy atom. The highest BCUT2D eigenvalue weighted by Gasteiger charge is 2.14. The van der Waals surface area contributed by atoms with E-state index in [0.717, 1.165) is 10.0 Å². The molecule has 0 atom stereocenters. The molecule has 2 N–H and O–H groups in total. The van der Waals surface area contributed by atoms with Crippen LogP contribution in [0, 0.1) is 0 Å². The predicted octanol–water partition coefficient (Wildman–Crippen LogP) is 3.09. The Morgan fingerprint density at radius 1 is 1.26 bits per heavy atom. The molecule has 3 aromatic rings. The lowest BCUT2D eigenvalue weighted by atomic mass is 10.2. The molecule has 0 fully saturated rings. The van der Waals surface area contributed by atoms with E-state index in [1.54, 1.807) is 0 Å². The van der Waals surface area contributed by atoms with E-state index in [1.807, 2.05) is 24.3 Å². The number of aromatic nitrogens is 3. The molecule has 6 heteroatoms. The van der Waals surface area contributed by atoms with Gasteiger partial charge in [-0.15, -0.1) is 0 Å². The number of hydrogen-bond donors (Lipinski definition) is 2. The number of imidazole rings is 1. The fourth-order valence-corrected chi connectivity index (χ4v) is 2.34. The van der Waals surface area contributed by atoms with Gasteiger partial charge in [0.05, 0.1) is 11.1 Å². The molecule has 0 spiro atoms. The highest BCUT2D eigenvalue weighted by Crippen LogP contribution is 2.27. The van der Waals surface area contributed by atoms with Crippen LogP contribution in [-0.4, -0.2) is 26.0 Å². The molecule has 0 amide bonds. The third kappa shape index (κ3) is 2.00. The standard InChI is InChI=1S/C13H8BrN3O2/c14-9-4-2-1-3-7(9)11-16-10-8(13(18)19)5-6-15-12(10)17-11/h1-6H,(H,18,19)(H,15,16,17). The van der Waals surface area contributed by atoms with Crippen molar-refractivity contribution in [3.63, 3.8) is 0 Å². The third-order valence-corrected chi connectivity index (χ3v) is 3.44. The van der Waals surface area contributed by atoms with Gasteiger partial charge in [-0.05, 0) is 12.1 Å². The molecule has 0 radical (unpaired) electrons. The van der Waals surface area contributed by atoms with Gasteiger partial charge < -0.3 is 10.1 Å². The van der Waals surface area contributed by atoms with Crippen molar-refractivity contribution in [1.29, 1.82) is 0 Å². The molecule has 5 nitrogen and oxygen atoms in total. The smallest absolute Gasteiger partial charge is 0.338 e. The van der Waals surface area contributed by atoms with Crippen LogP contribution in [0.5, 0.6) is 0 Å². The van der Waals surface area contributed by atoms with Crippen LogP contribution < -0.4 is 0 Å². The Hall–Kier alpha value is -2.21. The number of pyridine rings is 1. The minimum absolute atomic E-state index is 0.163. The maximum absolute atomic E-state index is 11.1. The minimum Gasteiger partial charge on any atom is -0.478 e. The van der Waals surface area contributed by atoms with Gasteiger partial charge in [-0.1, -0.05) is 34.1 Å². The molecule has 19 heavy (non-hydrogen) atoms. The van der Waals surface area contributed by atoms with Crippen molar-refractivity contribution in [1.82, 2.24) is 15.0 Å². The van der Waals surface area contributed by atoms with Crippen molar-refractivity contribution in [2.24, 2.45) is 0 Å². The van der Waals surface area contributed by atoms with Gasteiger partial charge in [0, 0.05) is 16.2 Å². The molecule has 2 heterocycles. The summed E-state index contributed by atoms with van der Waals surface area (Å²) in [6, 6.07) is 9.03. The number of nitrogens with one attached hydrogen (secondary N) is 1. The van der Waals surface area contributed by atoms with Gasteiger partial charge in [0.1, 0.15) is 5.82 Å². The lowest BCUT2D eigenvalue weighted by Crippen LogP contribution is -1.97. The molecule has 94 valence electrons. The Kier molecular flexibility index (Phi) is 2.79. The second-order valence-corrected chi connectivity index (χ2v) is 4.78. The fourth-order valence-electron chi connectivity index (χ4n) is 1.87. The predicted molar refractivity (Wildman–Crippen MR) is 74.0 cm³/mol. The number of benzene rings is 1. The SMILES string of the molecule is O=C(O)c1ccnc2nc(-c3ccccc3Br)[nH]c12. The lowest BCUT2D eigenvalue weighted by Gasteiger charge is -1.98. The number of aromatic amines is 1. The van der Waals surface area contributed by atoms with E-state index in [9.17, 15) is 4.79 Å². The summed E-state index contributed by atoms with van der Waals surface area (Å²) in [5.41, 5.74) is 1.85. The molecule has 0 aliphatic heterocycles. The van der Waals surface area contributed by atoms with Gasteiger partial charge in [-0.2, -0.15) is 0 Å². The van der Waals surface area contributed by atoms with E-state index < -0.39 is 5.97 Å². The van der Waals surface area contributed by atoms with E-state index in [2.05, 4.69) is 30.9 Å². The first-order chi connectivity index (χ1) is 9.16. The summed E-state index contributed by atoms with van der Waals surface area (Å²) in [6.45, 7) is 0. The molecule has 0 unspecified atom stereocenters. The van der Waals surface area contributed by atoms with E-state index >= 15 is 0 Å². The van der Waals surface area contributed by atoms with Crippen LogP contribution in [0.3, 0.4) is 0 Å². The number of nitrogens with zero attached hydrogens (tertiary/aromatic N) is 2. The Balaban J connectivity index is 2.26. The maximum Gasteiger partial charge on any atom is 0.338 e. The topological polar surface area (TPSA) is 78.9 Å². The minimum atomic E-state index is -1.00. The summed E-state index contributed by atoms with van der Waals surface area (Å²) in [4.78, 5) is 22.6. The van der Waals surface area contributed by atoms with Gasteiger partial charge in [0.25, 0.3) is 0 Å². The zero-order chi connectivity index (χ0) is 13.4. The number of fused-ring (bicyclic) bond motifs is 1. The summed E-state index contributed by atoms with van der Waals surface area (Å²) < 4.78 is 0.880. The Bertz CT molecular complexity index is 782. The molecule has 1 aromatic carbocycles. The van der Waals surface area contributed by atoms with Crippen LogP contribution in [0.25, 0.3) is 22.6 Å². The lowest BCUT2D eigenvalue weighted by molar-refractivity contribution is 0.0699. The van der Waals surface area contributed by atoms with E-state index in [4.69, 9.17) is 5.11 Å². The average molecular weight is 318 g/mol. The normalized spacial score (nSPS) is 10.8. The van der Waals surface area contributed by atoms with Crippen molar-refractivity contribution in [2.45, 2.75) is 0 Å². The number of carbonyl (C=O) groups is 1. The zero-order valence-corrected chi connectivity index (χ0v) is 11.2. The first-order valence-corrected chi connectivity index (χ1v) is 6.29. The van der Waals surface area contributed by atoms with Gasteiger partial charge >= 0.3 is 5.97 Å². The first-order valence-electron chi connectivity index (χ1n) is 5.50. The molecule has 0 aliphatic carbocycles. The highest BCUT2D eigenvalue weighted by atomic mass is 79.9. The van der Waals surface area contributed by atoms with E-state index in [-0.39, 0.29) is 5.56 Å². The van der Waals surface area contributed by atoms with Crippen LogP contribution in [0.2, 0.25) is 0 Å². The van der Waals surface area contributed by atoms with Crippen molar-refractivity contribution in [2.75, 3.05) is 0 Å². The van der Waals surface area contributed by atoms with Crippen LogP contribution in [0.1, 0.15) is 10.4 Å². The summed E-state index contributed by atoms with van der Waals surface area (Å²) >= 11 is 3.44. The van der Waals surface area contributed by atoms with Crippen LogP contribution in [0.4, 0.5) is 0 Å². The van der Waals surface area contributed by atoms with Crippen LogP contribution in [-0.2, 0) is 0 Å². The molecule has 0 bridgehead atoms. The molecule has 0 aliphatic rings. The monoisotopic (exact) mass is 317 g/mol. The zero-order valence-electron chi connectivity index (χ0n) is 9.59. The first kappa shape index (κ1) is 11.9.